The number of carbonyl (C=O) groups is 6. The van der Waals surface area contributed by atoms with Crippen LogP contribution in [0, 0.1) is 0 Å². The van der Waals surface area contributed by atoms with Crippen molar-refractivity contribution in [2.45, 2.75) is 47.6 Å². The topological polar surface area (TPSA) is 306 Å². The number of anilines is 3. The minimum atomic E-state index is -0.639. The Morgan fingerprint density at radius 3 is 1.69 bits per heavy atom. The Morgan fingerprint density at radius 2 is 1.32 bits per heavy atom. The number of nitrogens with one attached hydrogen (secondary N) is 2. The molecule has 62 heavy (non-hydrogen) atoms. The molecule has 329 valence electrons. The first-order chi connectivity index (χ1) is 27.6. The SMILES string of the molecule is CC(=O)CBr.CC(=O)OOC(C)=O.CC1COc2cnc(Cl)nc2N1C.CNc1nc(Cl)ncc1O.CNc1nc(Cl)ncc1OCC(C)=O.O=CO[O-].[B-]OC(C)=O.[Cs+].[Cs+].[H-].[Na+]. The van der Waals surface area contributed by atoms with E-state index in [1.807, 2.05) is 11.9 Å². The van der Waals surface area contributed by atoms with E-state index in [0.717, 1.165) is 19.7 Å². The number of rotatable bonds is 7. The third-order valence-electron chi connectivity index (χ3n) is 5.22. The van der Waals surface area contributed by atoms with Crippen LogP contribution in [0.15, 0.2) is 18.6 Å². The number of halogens is 4. The van der Waals surface area contributed by atoms with E-state index in [9.17, 15) is 24.0 Å². The second-order valence-electron chi connectivity index (χ2n) is 10.1. The van der Waals surface area contributed by atoms with Crippen LogP contribution in [0.25, 0.3) is 0 Å². The van der Waals surface area contributed by atoms with Crippen molar-refractivity contribution in [2.24, 2.45) is 0 Å². The van der Waals surface area contributed by atoms with Gasteiger partial charge in [0.2, 0.25) is 21.8 Å². The van der Waals surface area contributed by atoms with Crippen molar-refractivity contribution in [3.8, 4) is 17.2 Å². The van der Waals surface area contributed by atoms with E-state index in [1.54, 1.807) is 20.3 Å². The summed E-state index contributed by atoms with van der Waals surface area (Å²) in [6, 6.07) is 0.318. The van der Waals surface area contributed by atoms with E-state index >= 15 is 0 Å². The van der Waals surface area contributed by atoms with E-state index in [1.165, 1.54) is 33.2 Å². The molecule has 1 unspecified atom stereocenters. The number of ketones is 2. The first-order valence-corrected chi connectivity index (χ1v) is 18.0. The van der Waals surface area contributed by atoms with Gasteiger partial charge in [0.15, 0.2) is 40.5 Å². The van der Waals surface area contributed by atoms with Gasteiger partial charge in [-0.25, -0.2) is 34.3 Å². The normalized spacial score (nSPS) is 10.6. The predicted octanol–water partition coefficient (Wildman–Crippen LogP) is -6.45. The van der Waals surface area contributed by atoms with Crippen molar-refractivity contribution in [3.05, 3.63) is 34.4 Å². The molecule has 0 aromatic carbocycles. The van der Waals surface area contributed by atoms with Crippen molar-refractivity contribution >= 4 is 112 Å². The van der Waals surface area contributed by atoms with Gasteiger partial charge in [0.05, 0.1) is 30.0 Å². The molecular formula is C31H42BBrCl3Cs2N9NaO14. The van der Waals surface area contributed by atoms with Gasteiger partial charge in [-0.2, -0.15) is 15.0 Å². The van der Waals surface area contributed by atoms with Crippen LogP contribution >= 0.6 is 50.7 Å². The van der Waals surface area contributed by atoms with Crippen molar-refractivity contribution < 1.29 is 237 Å². The summed E-state index contributed by atoms with van der Waals surface area (Å²) >= 11 is 19.6. The molecule has 3 radical (unpaired) electrons. The Balaban J connectivity index is -0.000000120. The third-order valence-corrected chi connectivity index (χ3v) is 6.56. The van der Waals surface area contributed by atoms with Gasteiger partial charge >= 0.3 is 179 Å². The third kappa shape index (κ3) is 41.2. The Labute approximate surface area is 523 Å². The number of hydrogen-bond donors (Lipinski definition) is 3. The van der Waals surface area contributed by atoms with Gasteiger partial charge in [-0.05, 0) is 55.6 Å². The molecule has 31 heteroatoms. The Morgan fingerprint density at radius 1 is 0.903 bits per heavy atom. The maximum atomic E-state index is 10.7. The molecule has 4 rings (SSSR count). The molecule has 0 spiro atoms. The molecule has 0 bridgehead atoms. The van der Waals surface area contributed by atoms with E-state index in [4.69, 9.17) is 59.4 Å². The fourth-order valence-corrected chi connectivity index (χ4v) is 3.09. The zero-order valence-corrected chi connectivity index (χ0v) is 54.4. The van der Waals surface area contributed by atoms with Crippen LogP contribution in [-0.4, -0.2) is 125 Å². The minimum Gasteiger partial charge on any atom is -1.00 e. The van der Waals surface area contributed by atoms with Crippen molar-refractivity contribution in [1.29, 1.82) is 0 Å². The number of hydrogen-bond acceptors (Lipinski definition) is 23. The number of likely N-dealkylation sites (N-methyl/N-ethyl adjacent to an activating group) is 1. The van der Waals surface area contributed by atoms with Crippen LogP contribution in [0.2, 0.25) is 15.9 Å². The van der Waals surface area contributed by atoms with Crippen LogP contribution in [0.3, 0.4) is 0 Å². The first kappa shape index (κ1) is 73.3. The molecule has 0 aliphatic carbocycles. The van der Waals surface area contributed by atoms with Crippen LogP contribution in [-0.2, 0) is 48.1 Å². The van der Waals surface area contributed by atoms with E-state index in [2.05, 4.69) is 90.8 Å². The molecular weight excluding hydrogens is 1210 g/mol. The molecule has 0 saturated carbocycles. The molecule has 0 saturated heterocycles. The van der Waals surface area contributed by atoms with Gasteiger partial charge in [0.25, 0.3) is 6.47 Å². The summed E-state index contributed by atoms with van der Waals surface area (Å²) in [4.78, 5) is 93.3. The zero-order valence-electron chi connectivity index (χ0n) is 37.0. The maximum Gasteiger partial charge on any atom is 1.00 e. The maximum absolute atomic E-state index is 10.7. The number of nitrogens with zero attached hydrogens (tertiary/aromatic N) is 7. The van der Waals surface area contributed by atoms with Crippen molar-refractivity contribution in [3.63, 3.8) is 0 Å². The summed E-state index contributed by atoms with van der Waals surface area (Å²) < 4.78 is 14.2. The molecule has 1 aliphatic heterocycles. The molecule has 3 aromatic rings. The molecule has 1 atom stereocenters. The molecule has 3 N–H and O–H groups in total. The van der Waals surface area contributed by atoms with Gasteiger partial charge < -0.3 is 54.4 Å². The number of Topliss-reactive ketones (excluding diaryl/α,β-unsaturated/α-hetero) is 2. The van der Waals surface area contributed by atoms with E-state index in [0.29, 0.717) is 41.1 Å². The molecule has 23 nitrogen and oxygen atoms in total. The van der Waals surface area contributed by atoms with Gasteiger partial charge in [-0.1, -0.05) is 15.9 Å². The molecule has 0 amide bonds. The van der Waals surface area contributed by atoms with Gasteiger partial charge in [-0.15, -0.1) is 0 Å². The summed E-state index contributed by atoms with van der Waals surface area (Å²) in [5, 5.41) is 23.8. The fraction of sp³-hybridized carbons (Fsp3) is 0.419. The summed E-state index contributed by atoms with van der Waals surface area (Å²) in [6.07, 6.45) is 4.26. The standard InChI is InChI=1S/C8H10ClN3O2.C8H10ClN3O.C5H6ClN3O.C4H6O4.C3H5BrO.C2H3BO2.CH2O3.2Cs.Na.H/c1-5(13)4-14-6-3-11-8(9)12-7(6)10-2;1-5-4-13-6-3-10-8(9)11-7(6)12(5)2;1-7-4-3(10)2-8-5(6)9-4;1-3(5)7-8-4(2)6;1-3(5)2-4;1-2(4)5-3;2-1-4-3;;;;/h3H,4H2,1-2H3,(H,10,11,12);3,5H,4H2,1-2H3;2,10H,1H3,(H,7,8,9);1-2H3;2H2,1H3;1H3;1,3H;;;;/q;;;;;-1;;3*+1;-1/p-1. The summed E-state index contributed by atoms with van der Waals surface area (Å²) in [7, 11) is 9.61. The quantitative estimate of drug-likeness (QED) is 0.0495. The minimum absolute atomic E-state index is 0. The summed E-state index contributed by atoms with van der Waals surface area (Å²) in [6.45, 7) is 9.05. The van der Waals surface area contributed by atoms with Crippen LogP contribution in [0.4, 0.5) is 17.5 Å². The largest absolute Gasteiger partial charge is 1.00 e. The number of carbonyl (C=O) groups excluding carboxylic acids is 6. The number of aromatic nitrogens is 6. The number of fused-ring (bicyclic) bond motifs is 1. The summed E-state index contributed by atoms with van der Waals surface area (Å²) in [5.41, 5.74) is 0. The van der Waals surface area contributed by atoms with E-state index in [-0.39, 0.29) is 215 Å². The van der Waals surface area contributed by atoms with Gasteiger partial charge in [0.1, 0.15) is 19.0 Å². The average Bonchev–Trinajstić information content (AvgIpc) is 3.20. The van der Waals surface area contributed by atoms with Gasteiger partial charge in [0, 0.05) is 41.9 Å². The Kier molecular flexibility index (Phi) is 54.2. The number of aromatic hydroxyl groups is 1. The van der Waals surface area contributed by atoms with Crippen molar-refractivity contribution in [2.75, 3.05) is 55.2 Å². The van der Waals surface area contributed by atoms with E-state index < -0.39 is 17.9 Å². The average molecular weight is 1250 g/mol. The van der Waals surface area contributed by atoms with Crippen LogP contribution in [0.5, 0.6) is 17.2 Å². The molecule has 1 aliphatic rings. The second kappa shape index (κ2) is 45.9. The van der Waals surface area contributed by atoms with Crippen LogP contribution in [0.1, 0.15) is 43.0 Å². The number of alkyl halides is 1. The Hall–Kier alpha value is -0.261. The van der Waals surface area contributed by atoms with Gasteiger partial charge in [-0.3, -0.25) is 19.2 Å². The smallest absolute Gasteiger partial charge is 1.00 e. The molecule has 4 heterocycles. The molecule has 3 aromatic heterocycles. The second-order valence-corrected chi connectivity index (χ2v) is 11.7. The monoisotopic (exact) mass is 1250 g/mol. The fourth-order valence-electron chi connectivity index (χ4n) is 2.70. The first-order valence-electron chi connectivity index (χ1n) is 15.7. The van der Waals surface area contributed by atoms with Crippen molar-refractivity contribution in [1.82, 2.24) is 29.9 Å². The predicted molar refractivity (Wildman–Crippen MR) is 215 cm³/mol. The molecule has 0 fully saturated rings. The zero-order chi connectivity index (χ0) is 46.1. The number of ether oxygens (including phenoxy) is 2. The Bertz CT molecular complexity index is 1760. The summed E-state index contributed by atoms with van der Waals surface area (Å²) in [5.74, 6) is 1.02. The van der Waals surface area contributed by atoms with Crippen LogP contribution < -0.4 is 198 Å².